The third-order valence-electron chi connectivity index (χ3n) is 3.11. The second kappa shape index (κ2) is 5.62. The standard InChI is InChI=1S/C12H18ClN3/c1-14-6-10-3-5-16(8-10)9-11-2-4-15-7-12(11)13/h2,4,7,10,14H,3,5-6,8-9H2,1H3. The van der Waals surface area contributed by atoms with E-state index in [1.165, 1.54) is 25.1 Å². The number of aromatic nitrogens is 1. The van der Waals surface area contributed by atoms with E-state index in [2.05, 4.69) is 15.2 Å². The number of likely N-dealkylation sites (tertiary alicyclic amines) is 1. The summed E-state index contributed by atoms with van der Waals surface area (Å²) in [5.74, 6) is 0.783. The summed E-state index contributed by atoms with van der Waals surface area (Å²) < 4.78 is 0. The van der Waals surface area contributed by atoms with Gasteiger partial charge in [-0.05, 0) is 44.1 Å². The summed E-state index contributed by atoms with van der Waals surface area (Å²) in [5, 5.41) is 4.02. The van der Waals surface area contributed by atoms with E-state index in [0.29, 0.717) is 0 Å². The summed E-state index contributed by atoms with van der Waals surface area (Å²) in [6.45, 7) is 4.40. The van der Waals surface area contributed by atoms with Gasteiger partial charge < -0.3 is 5.32 Å². The molecule has 1 aromatic heterocycles. The van der Waals surface area contributed by atoms with Crippen molar-refractivity contribution in [1.29, 1.82) is 0 Å². The van der Waals surface area contributed by atoms with Crippen LogP contribution in [0.3, 0.4) is 0 Å². The number of rotatable bonds is 4. The molecule has 0 aromatic carbocycles. The van der Waals surface area contributed by atoms with Crippen LogP contribution in [0.4, 0.5) is 0 Å². The Kier molecular flexibility index (Phi) is 4.16. The van der Waals surface area contributed by atoms with Gasteiger partial charge in [0.05, 0.1) is 5.02 Å². The molecule has 4 heteroatoms. The largest absolute Gasteiger partial charge is 0.319 e. The second-order valence-electron chi connectivity index (χ2n) is 4.41. The Balaban J connectivity index is 1.90. The van der Waals surface area contributed by atoms with Gasteiger partial charge in [-0.1, -0.05) is 11.6 Å². The molecule has 2 rings (SSSR count). The fourth-order valence-corrected chi connectivity index (χ4v) is 2.46. The Hall–Kier alpha value is -0.640. The normalized spacial score (nSPS) is 21.5. The molecule has 1 unspecified atom stereocenters. The van der Waals surface area contributed by atoms with Crippen LogP contribution in [-0.2, 0) is 6.54 Å². The lowest BCUT2D eigenvalue weighted by Gasteiger charge is -2.16. The van der Waals surface area contributed by atoms with Gasteiger partial charge in [0.1, 0.15) is 0 Å². The third-order valence-corrected chi connectivity index (χ3v) is 3.45. The van der Waals surface area contributed by atoms with Crippen LogP contribution in [0.1, 0.15) is 12.0 Å². The number of nitrogens with zero attached hydrogens (tertiary/aromatic N) is 2. The molecule has 1 atom stereocenters. The minimum Gasteiger partial charge on any atom is -0.319 e. The molecule has 3 nitrogen and oxygen atoms in total. The number of nitrogens with one attached hydrogen (secondary N) is 1. The number of hydrogen-bond acceptors (Lipinski definition) is 3. The summed E-state index contributed by atoms with van der Waals surface area (Å²) >= 11 is 6.10. The summed E-state index contributed by atoms with van der Waals surface area (Å²) in [4.78, 5) is 6.46. The first-order chi connectivity index (χ1) is 7.79. The van der Waals surface area contributed by atoms with Crippen molar-refractivity contribution in [2.24, 2.45) is 5.92 Å². The highest BCUT2D eigenvalue weighted by Gasteiger charge is 2.22. The molecule has 1 aliphatic heterocycles. The number of halogens is 1. The Morgan fingerprint density at radius 1 is 1.62 bits per heavy atom. The minimum atomic E-state index is 0.777. The molecule has 0 aliphatic carbocycles. The van der Waals surface area contributed by atoms with Crippen LogP contribution >= 0.6 is 11.6 Å². The SMILES string of the molecule is CNCC1CCN(Cc2ccncc2Cl)C1. The first-order valence-corrected chi connectivity index (χ1v) is 6.12. The highest BCUT2D eigenvalue weighted by atomic mass is 35.5. The molecule has 0 spiro atoms. The van der Waals surface area contributed by atoms with Crippen LogP contribution in [0.15, 0.2) is 18.5 Å². The summed E-state index contributed by atoms with van der Waals surface area (Å²) in [5.41, 5.74) is 1.18. The zero-order valence-electron chi connectivity index (χ0n) is 9.62. The lowest BCUT2D eigenvalue weighted by Crippen LogP contribution is -2.24. The second-order valence-corrected chi connectivity index (χ2v) is 4.82. The van der Waals surface area contributed by atoms with E-state index in [-0.39, 0.29) is 0 Å². The van der Waals surface area contributed by atoms with Crippen LogP contribution in [0.5, 0.6) is 0 Å². The van der Waals surface area contributed by atoms with Crippen molar-refractivity contribution in [1.82, 2.24) is 15.2 Å². The van der Waals surface area contributed by atoms with Crippen molar-refractivity contribution in [3.8, 4) is 0 Å². The predicted molar refractivity (Wildman–Crippen MR) is 66.6 cm³/mol. The van der Waals surface area contributed by atoms with E-state index in [9.17, 15) is 0 Å². The molecule has 0 saturated carbocycles. The van der Waals surface area contributed by atoms with Gasteiger partial charge in [-0.2, -0.15) is 0 Å². The molecule has 0 bridgehead atoms. The molecule has 16 heavy (non-hydrogen) atoms. The van der Waals surface area contributed by atoms with E-state index < -0.39 is 0 Å². The van der Waals surface area contributed by atoms with Crippen LogP contribution in [0.2, 0.25) is 5.02 Å². The molecule has 1 aromatic rings. The van der Waals surface area contributed by atoms with Crippen LogP contribution in [-0.4, -0.2) is 36.6 Å². The van der Waals surface area contributed by atoms with Crippen molar-refractivity contribution in [3.05, 3.63) is 29.0 Å². The molecule has 1 N–H and O–H groups in total. The molecule has 1 saturated heterocycles. The molecular formula is C12H18ClN3. The molecule has 0 amide bonds. The molecule has 1 aliphatic rings. The van der Waals surface area contributed by atoms with Gasteiger partial charge in [0, 0.05) is 25.5 Å². The molecule has 2 heterocycles. The minimum absolute atomic E-state index is 0.777. The zero-order chi connectivity index (χ0) is 11.4. The maximum Gasteiger partial charge on any atom is 0.0634 e. The van der Waals surface area contributed by atoms with Crippen LogP contribution in [0.25, 0.3) is 0 Å². The topological polar surface area (TPSA) is 28.2 Å². The maximum absolute atomic E-state index is 6.10. The van der Waals surface area contributed by atoms with E-state index in [1.807, 2.05) is 19.3 Å². The Labute approximate surface area is 102 Å². The summed E-state index contributed by atoms with van der Waals surface area (Å²) in [7, 11) is 2.02. The highest BCUT2D eigenvalue weighted by Crippen LogP contribution is 2.21. The lowest BCUT2D eigenvalue weighted by molar-refractivity contribution is 0.315. The highest BCUT2D eigenvalue weighted by molar-refractivity contribution is 6.31. The fraction of sp³-hybridized carbons (Fsp3) is 0.583. The van der Waals surface area contributed by atoms with Gasteiger partial charge in [-0.3, -0.25) is 9.88 Å². The van der Waals surface area contributed by atoms with Gasteiger partial charge in [-0.25, -0.2) is 0 Å². The smallest absolute Gasteiger partial charge is 0.0634 e. The molecule has 88 valence electrons. The predicted octanol–water partition coefficient (Wildman–Crippen LogP) is 1.78. The van der Waals surface area contributed by atoms with Gasteiger partial charge in [0.2, 0.25) is 0 Å². The van der Waals surface area contributed by atoms with Crippen molar-refractivity contribution < 1.29 is 0 Å². The summed E-state index contributed by atoms with van der Waals surface area (Å²) in [6, 6.07) is 2.01. The van der Waals surface area contributed by atoms with Gasteiger partial charge >= 0.3 is 0 Å². The van der Waals surface area contributed by atoms with E-state index >= 15 is 0 Å². The number of hydrogen-bond donors (Lipinski definition) is 1. The monoisotopic (exact) mass is 239 g/mol. The van der Waals surface area contributed by atoms with E-state index in [4.69, 9.17) is 11.6 Å². The van der Waals surface area contributed by atoms with Crippen molar-refractivity contribution >= 4 is 11.6 Å². The Bertz CT molecular complexity index is 343. The Morgan fingerprint density at radius 2 is 2.50 bits per heavy atom. The average molecular weight is 240 g/mol. The first-order valence-electron chi connectivity index (χ1n) is 5.75. The quantitative estimate of drug-likeness (QED) is 0.868. The van der Waals surface area contributed by atoms with Gasteiger partial charge in [-0.15, -0.1) is 0 Å². The fourth-order valence-electron chi connectivity index (χ4n) is 2.28. The Morgan fingerprint density at radius 3 is 3.25 bits per heavy atom. The van der Waals surface area contributed by atoms with Crippen molar-refractivity contribution in [2.45, 2.75) is 13.0 Å². The third kappa shape index (κ3) is 2.94. The van der Waals surface area contributed by atoms with Crippen molar-refractivity contribution in [2.75, 3.05) is 26.7 Å². The lowest BCUT2D eigenvalue weighted by atomic mass is 10.1. The molecular weight excluding hydrogens is 222 g/mol. The van der Waals surface area contributed by atoms with Gasteiger partial charge in [0.25, 0.3) is 0 Å². The molecule has 0 radical (unpaired) electrons. The first kappa shape index (κ1) is 11.8. The number of pyridine rings is 1. The van der Waals surface area contributed by atoms with E-state index in [0.717, 1.165) is 24.0 Å². The zero-order valence-corrected chi connectivity index (χ0v) is 10.4. The van der Waals surface area contributed by atoms with Gasteiger partial charge in [0.15, 0.2) is 0 Å². The van der Waals surface area contributed by atoms with Crippen LogP contribution in [0, 0.1) is 5.92 Å². The average Bonchev–Trinajstić information content (AvgIpc) is 2.70. The van der Waals surface area contributed by atoms with Crippen LogP contribution < -0.4 is 5.32 Å². The summed E-state index contributed by atoms with van der Waals surface area (Å²) in [6.07, 6.45) is 4.81. The van der Waals surface area contributed by atoms with Crippen molar-refractivity contribution in [3.63, 3.8) is 0 Å². The van der Waals surface area contributed by atoms with E-state index in [1.54, 1.807) is 6.20 Å². The maximum atomic E-state index is 6.10. The molecule has 1 fully saturated rings.